The van der Waals surface area contributed by atoms with Crippen LogP contribution in [0.25, 0.3) is 0 Å². The number of methoxy groups -OCH3 is 1. The monoisotopic (exact) mass is 264 g/mol. The Morgan fingerprint density at radius 3 is 2.89 bits per heavy atom. The number of aromatic nitrogens is 2. The lowest BCUT2D eigenvalue weighted by molar-refractivity contribution is 0.0600. The molecule has 0 spiro atoms. The summed E-state index contributed by atoms with van der Waals surface area (Å²) in [5.74, 6) is 0.339. The van der Waals surface area contributed by atoms with Crippen molar-refractivity contribution in [2.45, 2.75) is 0 Å². The summed E-state index contributed by atoms with van der Waals surface area (Å²) >= 11 is 5.64. The van der Waals surface area contributed by atoms with Crippen molar-refractivity contribution >= 4 is 17.6 Å². The molecule has 1 aromatic carbocycles. The molecule has 0 radical (unpaired) electrons. The molecule has 0 aliphatic carbocycles. The number of ether oxygens (including phenoxy) is 2. The van der Waals surface area contributed by atoms with Crippen LogP contribution >= 0.6 is 11.6 Å². The van der Waals surface area contributed by atoms with E-state index in [0.717, 1.165) is 0 Å². The Morgan fingerprint density at radius 2 is 2.17 bits per heavy atom. The lowest BCUT2D eigenvalue weighted by Gasteiger charge is -2.05. The van der Waals surface area contributed by atoms with Crippen molar-refractivity contribution in [1.82, 2.24) is 9.97 Å². The van der Waals surface area contributed by atoms with E-state index in [1.54, 1.807) is 30.3 Å². The van der Waals surface area contributed by atoms with E-state index in [2.05, 4.69) is 14.7 Å². The number of halogens is 1. The quantitative estimate of drug-likeness (QED) is 0.630. The zero-order valence-electron chi connectivity index (χ0n) is 9.46. The number of rotatable bonds is 3. The van der Waals surface area contributed by atoms with E-state index in [9.17, 15) is 4.79 Å². The van der Waals surface area contributed by atoms with Crippen molar-refractivity contribution in [3.8, 4) is 11.6 Å². The molecule has 0 bridgehead atoms. The number of benzene rings is 1. The highest BCUT2D eigenvalue weighted by Gasteiger charge is 2.07. The zero-order valence-corrected chi connectivity index (χ0v) is 10.2. The van der Waals surface area contributed by atoms with Crippen molar-refractivity contribution in [3.05, 3.63) is 47.4 Å². The van der Waals surface area contributed by atoms with E-state index < -0.39 is 5.97 Å². The van der Waals surface area contributed by atoms with E-state index in [1.165, 1.54) is 13.3 Å². The van der Waals surface area contributed by atoms with E-state index >= 15 is 0 Å². The van der Waals surface area contributed by atoms with Crippen molar-refractivity contribution in [2.24, 2.45) is 0 Å². The predicted octanol–water partition coefficient (Wildman–Crippen LogP) is 2.71. The van der Waals surface area contributed by atoms with Gasteiger partial charge in [-0.3, -0.25) is 0 Å². The minimum Gasteiger partial charge on any atom is -0.465 e. The zero-order chi connectivity index (χ0) is 13.0. The maximum Gasteiger partial charge on any atom is 0.337 e. The second-order valence-electron chi connectivity index (χ2n) is 3.29. The normalized spacial score (nSPS) is 9.89. The van der Waals surface area contributed by atoms with Crippen LogP contribution in [0.3, 0.4) is 0 Å². The second-order valence-corrected chi connectivity index (χ2v) is 3.62. The van der Waals surface area contributed by atoms with Gasteiger partial charge < -0.3 is 9.47 Å². The first-order chi connectivity index (χ1) is 8.69. The Hall–Kier alpha value is -2.14. The molecular formula is C12H9ClN2O3. The van der Waals surface area contributed by atoms with Crippen LogP contribution < -0.4 is 4.74 Å². The van der Waals surface area contributed by atoms with Gasteiger partial charge in [0.25, 0.3) is 0 Å². The third-order valence-corrected chi connectivity index (χ3v) is 2.26. The Morgan fingerprint density at radius 1 is 1.33 bits per heavy atom. The second kappa shape index (κ2) is 5.46. The highest BCUT2D eigenvalue weighted by molar-refractivity contribution is 6.28. The average molecular weight is 265 g/mol. The molecule has 2 rings (SSSR count). The van der Waals surface area contributed by atoms with Gasteiger partial charge in [-0.25, -0.2) is 9.78 Å². The molecule has 0 fully saturated rings. The summed E-state index contributed by atoms with van der Waals surface area (Å²) in [6, 6.07) is 8.14. The van der Waals surface area contributed by atoms with Crippen LogP contribution in [-0.4, -0.2) is 23.0 Å². The van der Waals surface area contributed by atoms with Crippen LogP contribution in [0.1, 0.15) is 10.4 Å². The third-order valence-electron chi connectivity index (χ3n) is 2.08. The molecule has 1 aromatic heterocycles. The van der Waals surface area contributed by atoms with Gasteiger partial charge in [0, 0.05) is 12.3 Å². The largest absolute Gasteiger partial charge is 0.465 e. The maximum atomic E-state index is 11.3. The van der Waals surface area contributed by atoms with Crippen LogP contribution in [0.5, 0.6) is 11.6 Å². The van der Waals surface area contributed by atoms with E-state index in [4.69, 9.17) is 16.3 Å². The first kappa shape index (κ1) is 12.3. The molecule has 0 saturated carbocycles. The van der Waals surface area contributed by atoms with Gasteiger partial charge in [-0.2, -0.15) is 4.98 Å². The lowest BCUT2D eigenvalue weighted by Crippen LogP contribution is -2.01. The summed E-state index contributed by atoms with van der Waals surface area (Å²) in [6.45, 7) is 0. The Kier molecular flexibility index (Phi) is 3.74. The highest BCUT2D eigenvalue weighted by atomic mass is 35.5. The van der Waals surface area contributed by atoms with Crippen molar-refractivity contribution in [1.29, 1.82) is 0 Å². The molecule has 0 aliphatic heterocycles. The molecule has 5 nitrogen and oxygen atoms in total. The number of esters is 1. The van der Waals surface area contributed by atoms with Gasteiger partial charge in [0.05, 0.1) is 12.7 Å². The smallest absolute Gasteiger partial charge is 0.337 e. The number of carbonyl (C=O) groups is 1. The Bertz CT molecular complexity index is 575. The fourth-order valence-electron chi connectivity index (χ4n) is 1.30. The van der Waals surface area contributed by atoms with Crippen molar-refractivity contribution < 1.29 is 14.3 Å². The lowest BCUT2D eigenvalue weighted by atomic mass is 10.2. The van der Waals surface area contributed by atoms with Crippen molar-refractivity contribution in [2.75, 3.05) is 7.11 Å². The van der Waals surface area contributed by atoms with Crippen molar-refractivity contribution in [3.63, 3.8) is 0 Å². The van der Waals surface area contributed by atoms with Gasteiger partial charge in [-0.05, 0) is 29.8 Å². The average Bonchev–Trinajstić information content (AvgIpc) is 2.38. The molecule has 6 heteroatoms. The molecule has 0 unspecified atom stereocenters. The minimum absolute atomic E-state index is 0.0941. The molecule has 0 atom stereocenters. The molecule has 92 valence electrons. The summed E-state index contributed by atoms with van der Waals surface area (Å²) in [7, 11) is 1.32. The molecule has 2 aromatic rings. The summed E-state index contributed by atoms with van der Waals surface area (Å²) in [5, 5.41) is 0.0941. The van der Waals surface area contributed by atoms with Gasteiger partial charge in [-0.1, -0.05) is 6.07 Å². The molecule has 18 heavy (non-hydrogen) atoms. The van der Waals surface area contributed by atoms with Crippen LogP contribution in [0, 0.1) is 0 Å². The van der Waals surface area contributed by atoms with Crippen LogP contribution in [0.4, 0.5) is 0 Å². The van der Waals surface area contributed by atoms with Crippen LogP contribution in [0.15, 0.2) is 36.5 Å². The molecule has 0 aliphatic rings. The molecular weight excluding hydrogens is 256 g/mol. The summed E-state index contributed by atoms with van der Waals surface area (Å²) in [4.78, 5) is 19.0. The van der Waals surface area contributed by atoms with E-state index in [0.29, 0.717) is 17.2 Å². The number of carbonyl (C=O) groups excluding carboxylic acids is 1. The minimum atomic E-state index is -0.429. The van der Waals surface area contributed by atoms with Gasteiger partial charge in [0.15, 0.2) is 0 Å². The number of hydrogen-bond acceptors (Lipinski definition) is 5. The summed E-state index contributed by atoms with van der Waals surface area (Å²) < 4.78 is 10.1. The number of hydrogen-bond donors (Lipinski definition) is 0. The molecule has 1 heterocycles. The summed E-state index contributed by atoms with van der Waals surface area (Å²) in [6.07, 6.45) is 1.48. The Balaban J connectivity index is 2.22. The maximum absolute atomic E-state index is 11.3. The standard InChI is InChI=1S/C12H9ClN2O3/c1-17-11(16)8-3-2-4-9(7-8)18-10-5-6-14-12(13)15-10/h2-7H,1H3. The van der Waals surface area contributed by atoms with E-state index in [1.807, 2.05) is 0 Å². The highest BCUT2D eigenvalue weighted by Crippen LogP contribution is 2.21. The fraction of sp³-hybridized carbons (Fsp3) is 0.0833. The Labute approximate surface area is 108 Å². The van der Waals surface area contributed by atoms with Gasteiger partial charge in [0.1, 0.15) is 5.75 Å². The topological polar surface area (TPSA) is 61.3 Å². The first-order valence-electron chi connectivity index (χ1n) is 5.04. The number of nitrogens with zero attached hydrogens (tertiary/aromatic N) is 2. The summed E-state index contributed by atoms with van der Waals surface area (Å²) in [5.41, 5.74) is 0.398. The van der Waals surface area contributed by atoms with Gasteiger partial charge >= 0.3 is 5.97 Å². The molecule has 0 saturated heterocycles. The SMILES string of the molecule is COC(=O)c1cccc(Oc2ccnc(Cl)n2)c1. The van der Waals surface area contributed by atoms with Crippen LogP contribution in [-0.2, 0) is 4.74 Å². The fourth-order valence-corrected chi connectivity index (χ4v) is 1.44. The van der Waals surface area contributed by atoms with E-state index in [-0.39, 0.29) is 5.28 Å². The third kappa shape index (κ3) is 2.95. The van der Waals surface area contributed by atoms with Gasteiger partial charge in [0.2, 0.25) is 11.2 Å². The molecule has 0 N–H and O–H groups in total. The first-order valence-corrected chi connectivity index (χ1v) is 5.41. The van der Waals surface area contributed by atoms with Crippen LogP contribution in [0.2, 0.25) is 5.28 Å². The van der Waals surface area contributed by atoms with Gasteiger partial charge in [-0.15, -0.1) is 0 Å². The predicted molar refractivity (Wildman–Crippen MR) is 64.9 cm³/mol. The molecule has 0 amide bonds.